The number of anilines is 1. The van der Waals surface area contributed by atoms with Crippen molar-refractivity contribution in [1.82, 2.24) is 20.2 Å². The van der Waals surface area contributed by atoms with Crippen LogP contribution in [0.2, 0.25) is 0 Å². The van der Waals surface area contributed by atoms with Crippen LogP contribution in [-0.2, 0) is 16.1 Å². The van der Waals surface area contributed by atoms with Gasteiger partial charge in [0, 0.05) is 5.56 Å². The number of rotatable bonds is 7. The van der Waals surface area contributed by atoms with Crippen molar-refractivity contribution in [1.29, 1.82) is 0 Å². The summed E-state index contributed by atoms with van der Waals surface area (Å²) in [5, 5.41) is 17.5. The maximum atomic E-state index is 12.5. The molecule has 1 aliphatic carbocycles. The largest absolute Gasteiger partial charge is 0.462 e. The Kier molecular flexibility index (Phi) is 5.39. The number of carbonyl (C=O) groups excluding carboxylic acids is 2. The van der Waals surface area contributed by atoms with Crippen LogP contribution in [0, 0.1) is 6.92 Å². The zero-order valence-electron chi connectivity index (χ0n) is 16.2. The summed E-state index contributed by atoms with van der Waals surface area (Å²) >= 11 is 1.34. The summed E-state index contributed by atoms with van der Waals surface area (Å²) in [4.78, 5) is 26.2. The highest BCUT2D eigenvalue weighted by Gasteiger charge is 2.32. The van der Waals surface area contributed by atoms with Gasteiger partial charge in [0.1, 0.15) is 11.5 Å². The molecule has 150 valence electrons. The smallest absolute Gasteiger partial charge is 0.341 e. The van der Waals surface area contributed by atoms with E-state index in [9.17, 15) is 9.59 Å². The van der Waals surface area contributed by atoms with Crippen LogP contribution in [0.15, 0.2) is 29.6 Å². The number of aryl methyl sites for hydroxylation is 1. The lowest BCUT2D eigenvalue weighted by Gasteiger charge is -2.08. The molecule has 0 saturated heterocycles. The van der Waals surface area contributed by atoms with E-state index in [1.165, 1.54) is 16.1 Å². The third-order valence-electron chi connectivity index (χ3n) is 4.62. The lowest BCUT2D eigenvalue weighted by molar-refractivity contribution is -0.117. The summed E-state index contributed by atoms with van der Waals surface area (Å²) in [6.45, 7) is 3.96. The Morgan fingerprint density at radius 2 is 2.03 bits per heavy atom. The second-order valence-electron chi connectivity index (χ2n) is 6.95. The van der Waals surface area contributed by atoms with Crippen molar-refractivity contribution >= 4 is 28.2 Å². The molecule has 0 bridgehead atoms. The Labute approximate surface area is 171 Å². The first-order valence-electron chi connectivity index (χ1n) is 9.48. The minimum absolute atomic E-state index is 0.0994. The molecule has 9 heteroatoms. The summed E-state index contributed by atoms with van der Waals surface area (Å²) in [6.07, 6.45) is 2.11. The van der Waals surface area contributed by atoms with E-state index in [1.54, 1.807) is 6.92 Å². The van der Waals surface area contributed by atoms with Crippen molar-refractivity contribution < 1.29 is 14.3 Å². The first kappa shape index (κ1) is 19.3. The third kappa shape index (κ3) is 4.34. The molecule has 1 aromatic carbocycles. The maximum absolute atomic E-state index is 12.5. The lowest BCUT2D eigenvalue weighted by Crippen LogP contribution is -2.21. The number of nitrogens with one attached hydrogen (secondary N) is 1. The van der Waals surface area contributed by atoms with Gasteiger partial charge in [-0.1, -0.05) is 29.8 Å². The Morgan fingerprint density at radius 1 is 1.28 bits per heavy atom. The molecular formula is C20H21N5O3S. The van der Waals surface area contributed by atoms with E-state index in [0.29, 0.717) is 22.3 Å². The summed E-state index contributed by atoms with van der Waals surface area (Å²) in [7, 11) is 0. The molecule has 0 unspecified atom stereocenters. The van der Waals surface area contributed by atoms with E-state index in [-0.39, 0.29) is 19.1 Å². The molecule has 4 rings (SSSR count). The van der Waals surface area contributed by atoms with E-state index in [0.717, 1.165) is 29.5 Å². The molecule has 1 saturated carbocycles. The predicted molar refractivity (Wildman–Crippen MR) is 109 cm³/mol. The highest BCUT2D eigenvalue weighted by Crippen LogP contribution is 2.46. The monoisotopic (exact) mass is 411 g/mol. The van der Waals surface area contributed by atoms with Gasteiger partial charge in [0.15, 0.2) is 0 Å². The van der Waals surface area contributed by atoms with Gasteiger partial charge >= 0.3 is 5.97 Å². The van der Waals surface area contributed by atoms with Gasteiger partial charge in [-0.15, -0.1) is 21.5 Å². The third-order valence-corrected chi connectivity index (χ3v) is 5.53. The molecule has 0 spiro atoms. The van der Waals surface area contributed by atoms with Gasteiger partial charge in [-0.3, -0.25) is 4.79 Å². The van der Waals surface area contributed by atoms with E-state index in [1.807, 2.05) is 36.6 Å². The van der Waals surface area contributed by atoms with Gasteiger partial charge in [-0.05, 0) is 48.8 Å². The number of ether oxygens (including phenoxy) is 1. The number of amides is 1. The number of tetrazole rings is 1. The molecular weight excluding hydrogens is 390 g/mol. The van der Waals surface area contributed by atoms with Crippen LogP contribution < -0.4 is 5.32 Å². The van der Waals surface area contributed by atoms with Crippen molar-refractivity contribution in [2.45, 2.75) is 39.2 Å². The lowest BCUT2D eigenvalue weighted by atomic mass is 10.1. The first-order valence-corrected chi connectivity index (χ1v) is 10.4. The van der Waals surface area contributed by atoms with Gasteiger partial charge in [0.25, 0.3) is 0 Å². The van der Waals surface area contributed by atoms with Crippen molar-refractivity contribution in [2.75, 3.05) is 11.9 Å². The fraction of sp³-hybridized carbons (Fsp3) is 0.350. The second kappa shape index (κ2) is 8.12. The highest BCUT2D eigenvalue weighted by molar-refractivity contribution is 7.15. The van der Waals surface area contributed by atoms with Gasteiger partial charge < -0.3 is 10.1 Å². The van der Waals surface area contributed by atoms with Gasteiger partial charge in [0.05, 0.1) is 12.2 Å². The molecule has 1 aliphatic rings. The number of nitrogens with zero attached hydrogens (tertiary/aromatic N) is 4. The molecule has 2 aromatic heterocycles. The first-order chi connectivity index (χ1) is 14.0. The topological polar surface area (TPSA) is 99.0 Å². The number of thiophene rings is 1. The zero-order chi connectivity index (χ0) is 20.4. The summed E-state index contributed by atoms with van der Waals surface area (Å²) < 4.78 is 5.18. The number of hydrogen-bond donors (Lipinski definition) is 1. The molecule has 1 N–H and O–H groups in total. The molecule has 0 radical (unpaired) electrons. The molecule has 0 aliphatic heterocycles. The van der Waals surface area contributed by atoms with Crippen LogP contribution in [0.3, 0.4) is 0 Å². The van der Waals surface area contributed by atoms with Crippen molar-refractivity contribution in [2.24, 2.45) is 0 Å². The fourth-order valence-electron chi connectivity index (χ4n) is 2.99. The molecule has 3 aromatic rings. The van der Waals surface area contributed by atoms with Gasteiger partial charge in [-0.25, -0.2) is 4.79 Å². The number of carbonyl (C=O) groups is 2. The summed E-state index contributed by atoms with van der Waals surface area (Å²) in [6, 6.07) is 7.75. The molecule has 1 fully saturated rings. The fourth-order valence-corrected chi connectivity index (χ4v) is 4.04. The minimum Gasteiger partial charge on any atom is -0.462 e. The zero-order valence-corrected chi connectivity index (χ0v) is 17.0. The number of esters is 1. The van der Waals surface area contributed by atoms with Crippen molar-refractivity contribution in [3.63, 3.8) is 0 Å². The van der Waals surface area contributed by atoms with Crippen LogP contribution in [0.4, 0.5) is 5.00 Å². The van der Waals surface area contributed by atoms with Crippen molar-refractivity contribution in [3.8, 4) is 11.4 Å². The molecule has 2 heterocycles. The average molecular weight is 411 g/mol. The maximum Gasteiger partial charge on any atom is 0.341 e. The SMILES string of the molecule is CCOC(=O)c1c(C2CC2)csc1NC(=O)Cn1nnc(-c2ccc(C)cc2)n1. The Balaban J connectivity index is 1.46. The Hall–Kier alpha value is -3.07. The van der Waals surface area contributed by atoms with Crippen LogP contribution in [0.1, 0.15) is 47.2 Å². The van der Waals surface area contributed by atoms with Gasteiger partial charge in [0.2, 0.25) is 11.7 Å². The Bertz CT molecular complexity index is 1040. The predicted octanol–water partition coefficient (Wildman–Crippen LogP) is 3.40. The van der Waals surface area contributed by atoms with E-state index in [4.69, 9.17) is 4.74 Å². The van der Waals surface area contributed by atoms with Crippen LogP contribution in [0.25, 0.3) is 11.4 Å². The minimum atomic E-state index is -0.397. The Morgan fingerprint density at radius 3 is 2.72 bits per heavy atom. The summed E-state index contributed by atoms with van der Waals surface area (Å²) in [5.41, 5.74) is 3.41. The van der Waals surface area contributed by atoms with Crippen LogP contribution in [0.5, 0.6) is 0 Å². The van der Waals surface area contributed by atoms with E-state index in [2.05, 4.69) is 20.7 Å². The molecule has 1 amide bonds. The van der Waals surface area contributed by atoms with Crippen LogP contribution in [-0.4, -0.2) is 38.7 Å². The number of aromatic nitrogens is 4. The van der Waals surface area contributed by atoms with Gasteiger partial charge in [-0.2, -0.15) is 4.80 Å². The summed E-state index contributed by atoms with van der Waals surface area (Å²) in [5.74, 6) is 0.113. The molecule has 29 heavy (non-hydrogen) atoms. The highest BCUT2D eigenvalue weighted by atomic mass is 32.1. The molecule has 8 nitrogen and oxygen atoms in total. The molecule has 0 atom stereocenters. The number of benzene rings is 1. The van der Waals surface area contributed by atoms with Crippen LogP contribution >= 0.6 is 11.3 Å². The average Bonchev–Trinajstić information content (AvgIpc) is 3.30. The number of hydrogen-bond acceptors (Lipinski definition) is 7. The van der Waals surface area contributed by atoms with E-state index < -0.39 is 5.97 Å². The standard InChI is InChI=1S/C20H21N5O3S/c1-3-28-20(27)17-15(13-8-9-13)11-29-19(17)21-16(26)10-25-23-18(22-24-25)14-6-4-12(2)5-7-14/h4-7,11,13H,3,8-10H2,1-2H3,(H,21,26). The van der Waals surface area contributed by atoms with Crippen molar-refractivity contribution in [3.05, 3.63) is 46.3 Å². The normalized spacial score (nSPS) is 13.3. The van der Waals surface area contributed by atoms with E-state index >= 15 is 0 Å². The second-order valence-corrected chi connectivity index (χ2v) is 7.83. The quantitative estimate of drug-likeness (QED) is 0.598.